The highest BCUT2D eigenvalue weighted by molar-refractivity contribution is 5.93. The maximum atomic E-state index is 13.8. The number of aromatic nitrogens is 2. The number of nitrogens with one attached hydrogen (secondary N) is 1. The third kappa shape index (κ3) is 2.40. The van der Waals surface area contributed by atoms with E-state index in [0.717, 1.165) is 6.07 Å². The smallest absolute Gasteiger partial charge is 0.182 e. The first-order valence-corrected chi connectivity index (χ1v) is 6.98. The Morgan fingerprint density at radius 2 is 1.78 bits per heavy atom. The third-order valence-electron chi connectivity index (χ3n) is 3.50. The van der Waals surface area contributed by atoms with Crippen molar-refractivity contribution >= 4 is 22.4 Å². The van der Waals surface area contributed by atoms with Gasteiger partial charge in [0.15, 0.2) is 23.1 Å². The minimum Gasteiger partial charge on any atom is -0.486 e. The number of anilines is 2. The van der Waals surface area contributed by atoms with E-state index in [0.29, 0.717) is 41.4 Å². The first kappa shape index (κ1) is 13.7. The van der Waals surface area contributed by atoms with Crippen LogP contribution in [0.1, 0.15) is 0 Å². The van der Waals surface area contributed by atoms with Crippen LogP contribution in [-0.4, -0.2) is 23.2 Å². The summed E-state index contributed by atoms with van der Waals surface area (Å²) in [4.78, 5) is 8.29. The highest BCUT2D eigenvalue weighted by Gasteiger charge is 2.16. The Kier molecular flexibility index (Phi) is 3.18. The minimum atomic E-state index is -0.961. The summed E-state index contributed by atoms with van der Waals surface area (Å²) in [5.41, 5.74) is 0.614. The van der Waals surface area contributed by atoms with Crippen LogP contribution in [-0.2, 0) is 0 Å². The van der Waals surface area contributed by atoms with Crippen LogP contribution < -0.4 is 14.8 Å². The summed E-state index contributed by atoms with van der Waals surface area (Å²) in [6.45, 7) is 0.927. The predicted molar refractivity (Wildman–Crippen MR) is 80.2 cm³/mol. The van der Waals surface area contributed by atoms with Gasteiger partial charge in [0.05, 0.1) is 11.2 Å². The van der Waals surface area contributed by atoms with Crippen molar-refractivity contribution in [1.29, 1.82) is 0 Å². The Hall–Kier alpha value is -2.96. The zero-order valence-electron chi connectivity index (χ0n) is 11.8. The summed E-state index contributed by atoms with van der Waals surface area (Å²) in [6, 6.07) is 7.37. The maximum Gasteiger partial charge on any atom is 0.182 e. The molecule has 3 aromatic rings. The number of halogens is 2. The maximum absolute atomic E-state index is 13.8. The average Bonchev–Trinajstić information content (AvgIpc) is 2.57. The molecule has 5 nitrogen and oxygen atoms in total. The van der Waals surface area contributed by atoms with Gasteiger partial charge in [0, 0.05) is 11.5 Å². The van der Waals surface area contributed by atoms with Crippen molar-refractivity contribution in [3.05, 3.63) is 48.3 Å². The molecule has 7 heteroatoms. The summed E-state index contributed by atoms with van der Waals surface area (Å²) in [5, 5.41) is 3.43. The molecule has 0 unspecified atom stereocenters. The van der Waals surface area contributed by atoms with Gasteiger partial charge in [-0.05, 0) is 18.2 Å². The van der Waals surface area contributed by atoms with E-state index in [1.54, 1.807) is 12.1 Å². The second-order valence-corrected chi connectivity index (χ2v) is 4.96. The summed E-state index contributed by atoms with van der Waals surface area (Å²) in [6.07, 6.45) is 1.35. The highest BCUT2D eigenvalue weighted by Crippen LogP contribution is 2.36. The molecule has 23 heavy (non-hydrogen) atoms. The van der Waals surface area contributed by atoms with Crippen LogP contribution >= 0.6 is 0 Å². The van der Waals surface area contributed by atoms with Crippen molar-refractivity contribution in [2.45, 2.75) is 0 Å². The third-order valence-corrected chi connectivity index (χ3v) is 3.50. The van der Waals surface area contributed by atoms with Gasteiger partial charge in [0.1, 0.15) is 25.4 Å². The van der Waals surface area contributed by atoms with Crippen molar-refractivity contribution in [2.24, 2.45) is 0 Å². The SMILES string of the molecule is Fc1cccc(Nc2ncnc3cc4c(cc23)OCCO4)c1F. The van der Waals surface area contributed by atoms with E-state index in [2.05, 4.69) is 15.3 Å². The van der Waals surface area contributed by atoms with Gasteiger partial charge < -0.3 is 14.8 Å². The largest absolute Gasteiger partial charge is 0.486 e. The van der Waals surface area contributed by atoms with E-state index in [1.807, 2.05) is 0 Å². The summed E-state index contributed by atoms with van der Waals surface area (Å²) < 4.78 is 38.2. The van der Waals surface area contributed by atoms with Gasteiger partial charge in [-0.2, -0.15) is 0 Å². The molecule has 1 aliphatic rings. The molecule has 4 rings (SSSR count). The van der Waals surface area contributed by atoms with Gasteiger partial charge in [-0.3, -0.25) is 0 Å². The number of fused-ring (bicyclic) bond motifs is 2. The van der Waals surface area contributed by atoms with Crippen LogP contribution in [0.4, 0.5) is 20.3 Å². The highest BCUT2D eigenvalue weighted by atomic mass is 19.2. The van der Waals surface area contributed by atoms with Gasteiger partial charge in [0.25, 0.3) is 0 Å². The van der Waals surface area contributed by atoms with E-state index in [9.17, 15) is 8.78 Å². The van der Waals surface area contributed by atoms with Gasteiger partial charge in [-0.15, -0.1) is 0 Å². The zero-order valence-corrected chi connectivity index (χ0v) is 11.8. The van der Waals surface area contributed by atoms with Crippen molar-refractivity contribution in [2.75, 3.05) is 18.5 Å². The molecule has 0 spiro atoms. The van der Waals surface area contributed by atoms with Crippen LogP contribution in [0.25, 0.3) is 10.9 Å². The molecule has 1 aromatic heterocycles. The monoisotopic (exact) mass is 315 g/mol. The molecule has 0 bridgehead atoms. The number of benzene rings is 2. The summed E-state index contributed by atoms with van der Waals surface area (Å²) in [5.74, 6) is -0.359. The lowest BCUT2D eigenvalue weighted by Crippen LogP contribution is -2.15. The predicted octanol–water partition coefficient (Wildman–Crippen LogP) is 3.42. The number of hydrogen-bond donors (Lipinski definition) is 1. The Morgan fingerprint density at radius 3 is 2.61 bits per heavy atom. The molecule has 116 valence electrons. The molecular formula is C16H11F2N3O2. The molecule has 0 amide bonds. The molecule has 2 heterocycles. The van der Waals surface area contributed by atoms with Crippen LogP contribution in [0, 0.1) is 11.6 Å². The molecule has 1 aliphatic heterocycles. The van der Waals surface area contributed by atoms with Crippen molar-refractivity contribution in [1.82, 2.24) is 9.97 Å². The van der Waals surface area contributed by atoms with E-state index in [4.69, 9.17) is 9.47 Å². The van der Waals surface area contributed by atoms with Crippen LogP contribution in [0.15, 0.2) is 36.7 Å². The van der Waals surface area contributed by atoms with Gasteiger partial charge in [-0.1, -0.05) is 6.07 Å². The molecule has 0 fully saturated rings. The molecule has 2 aromatic carbocycles. The molecule has 0 aliphatic carbocycles. The Balaban J connectivity index is 1.82. The van der Waals surface area contributed by atoms with Gasteiger partial charge in [0.2, 0.25) is 0 Å². The summed E-state index contributed by atoms with van der Waals surface area (Å²) >= 11 is 0. The number of rotatable bonds is 2. The van der Waals surface area contributed by atoms with Gasteiger partial charge in [-0.25, -0.2) is 18.7 Å². The fourth-order valence-electron chi connectivity index (χ4n) is 2.42. The first-order chi connectivity index (χ1) is 11.2. The van der Waals surface area contributed by atoms with Crippen molar-refractivity contribution in [3.8, 4) is 11.5 Å². The summed E-state index contributed by atoms with van der Waals surface area (Å²) in [7, 11) is 0. The number of hydrogen-bond acceptors (Lipinski definition) is 5. The standard InChI is InChI=1S/C16H11F2N3O2/c17-10-2-1-3-11(15(10)18)21-16-9-6-13-14(23-5-4-22-13)7-12(9)19-8-20-16/h1-3,6-8H,4-5H2,(H,19,20,21). The molecule has 0 saturated heterocycles. The van der Waals surface area contributed by atoms with Crippen LogP contribution in [0.2, 0.25) is 0 Å². The van der Waals surface area contributed by atoms with Crippen molar-refractivity contribution < 1.29 is 18.3 Å². The lowest BCUT2D eigenvalue weighted by Gasteiger charge is -2.19. The Morgan fingerprint density at radius 1 is 1.00 bits per heavy atom. The normalized spacial score (nSPS) is 13.1. The van der Waals surface area contributed by atoms with E-state index >= 15 is 0 Å². The Bertz CT molecular complexity index is 902. The minimum absolute atomic E-state index is 0.000103. The molecule has 0 atom stereocenters. The molecule has 0 saturated carbocycles. The van der Waals surface area contributed by atoms with E-state index in [1.165, 1.54) is 18.5 Å². The molecule has 0 radical (unpaired) electrons. The zero-order chi connectivity index (χ0) is 15.8. The van der Waals surface area contributed by atoms with Crippen molar-refractivity contribution in [3.63, 3.8) is 0 Å². The number of ether oxygens (including phenoxy) is 2. The van der Waals surface area contributed by atoms with Gasteiger partial charge >= 0.3 is 0 Å². The molecule has 1 N–H and O–H groups in total. The quantitative estimate of drug-likeness (QED) is 0.785. The van der Waals surface area contributed by atoms with E-state index in [-0.39, 0.29) is 5.69 Å². The molecular weight excluding hydrogens is 304 g/mol. The van der Waals surface area contributed by atoms with Crippen LogP contribution in [0.3, 0.4) is 0 Å². The lowest BCUT2D eigenvalue weighted by molar-refractivity contribution is 0.172. The first-order valence-electron chi connectivity index (χ1n) is 6.98. The average molecular weight is 315 g/mol. The Labute approximate surface area is 129 Å². The topological polar surface area (TPSA) is 56.3 Å². The lowest BCUT2D eigenvalue weighted by atomic mass is 10.2. The second kappa shape index (κ2) is 5.35. The second-order valence-electron chi connectivity index (χ2n) is 4.96. The van der Waals surface area contributed by atoms with E-state index < -0.39 is 11.6 Å². The fourth-order valence-corrected chi connectivity index (χ4v) is 2.42. The number of nitrogens with zero attached hydrogens (tertiary/aromatic N) is 2. The van der Waals surface area contributed by atoms with Crippen LogP contribution in [0.5, 0.6) is 11.5 Å². The fraction of sp³-hybridized carbons (Fsp3) is 0.125.